The third-order valence-electron chi connectivity index (χ3n) is 3.07. The molecule has 0 saturated heterocycles. The molecule has 0 saturated carbocycles. The van der Waals surface area contributed by atoms with Crippen LogP contribution in [-0.4, -0.2) is 7.05 Å². The zero-order valence-corrected chi connectivity index (χ0v) is 12.3. The molecule has 1 N–H and O–H groups in total. The summed E-state index contributed by atoms with van der Waals surface area (Å²) < 4.78 is 0. The van der Waals surface area contributed by atoms with Crippen molar-refractivity contribution in [1.82, 2.24) is 5.32 Å². The van der Waals surface area contributed by atoms with Gasteiger partial charge >= 0.3 is 0 Å². The highest BCUT2D eigenvalue weighted by molar-refractivity contribution is 7.12. The molecule has 0 fully saturated rings. The van der Waals surface area contributed by atoms with Crippen LogP contribution in [0, 0.1) is 0 Å². The van der Waals surface area contributed by atoms with Gasteiger partial charge in [-0.2, -0.15) is 0 Å². The molecule has 18 heavy (non-hydrogen) atoms. The van der Waals surface area contributed by atoms with Crippen molar-refractivity contribution in [3.8, 4) is 0 Å². The Morgan fingerprint density at radius 2 is 1.67 bits per heavy atom. The molecule has 0 aliphatic carbocycles. The summed E-state index contributed by atoms with van der Waals surface area (Å²) in [6.07, 6.45) is 0. The molecule has 96 valence electrons. The van der Waals surface area contributed by atoms with Crippen molar-refractivity contribution >= 4 is 11.3 Å². The summed E-state index contributed by atoms with van der Waals surface area (Å²) in [6, 6.07) is 15.4. The van der Waals surface area contributed by atoms with Gasteiger partial charge in [-0.1, -0.05) is 51.1 Å². The molecule has 0 radical (unpaired) electrons. The van der Waals surface area contributed by atoms with Crippen molar-refractivity contribution in [2.75, 3.05) is 7.05 Å². The van der Waals surface area contributed by atoms with Crippen molar-refractivity contribution in [1.29, 1.82) is 0 Å². The SMILES string of the molecule is CNC(c1ccccc1)c1ccc(C(C)(C)C)s1. The third-order valence-corrected chi connectivity index (χ3v) is 4.65. The second-order valence-corrected chi connectivity index (χ2v) is 6.70. The first kappa shape index (κ1) is 13.3. The number of rotatable bonds is 3. The molecule has 1 aromatic carbocycles. The van der Waals surface area contributed by atoms with Crippen LogP contribution in [0.5, 0.6) is 0 Å². The smallest absolute Gasteiger partial charge is 0.0668 e. The fourth-order valence-corrected chi connectivity index (χ4v) is 3.23. The molecular weight excluding hydrogens is 238 g/mol. The van der Waals surface area contributed by atoms with Gasteiger partial charge in [0.25, 0.3) is 0 Å². The first-order valence-electron chi connectivity index (χ1n) is 6.35. The predicted octanol–water partition coefficient (Wildman–Crippen LogP) is 4.35. The molecule has 1 unspecified atom stereocenters. The van der Waals surface area contributed by atoms with Crippen LogP contribution in [0.3, 0.4) is 0 Å². The summed E-state index contributed by atoms with van der Waals surface area (Å²) in [4.78, 5) is 2.82. The Bertz CT molecular complexity index is 493. The number of benzene rings is 1. The zero-order valence-electron chi connectivity index (χ0n) is 11.5. The highest BCUT2D eigenvalue weighted by Gasteiger charge is 2.19. The maximum Gasteiger partial charge on any atom is 0.0668 e. The van der Waals surface area contributed by atoms with E-state index in [2.05, 4.69) is 68.6 Å². The van der Waals surface area contributed by atoms with Gasteiger partial charge in [-0.15, -0.1) is 11.3 Å². The molecule has 2 rings (SSSR count). The van der Waals surface area contributed by atoms with E-state index >= 15 is 0 Å². The maximum atomic E-state index is 3.41. The largest absolute Gasteiger partial charge is 0.309 e. The molecule has 2 aromatic rings. The molecule has 1 heterocycles. The normalized spacial score (nSPS) is 13.6. The monoisotopic (exact) mass is 259 g/mol. The molecule has 0 bridgehead atoms. The lowest BCUT2D eigenvalue weighted by Crippen LogP contribution is -2.16. The molecule has 1 aromatic heterocycles. The minimum Gasteiger partial charge on any atom is -0.309 e. The summed E-state index contributed by atoms with van der Waals surface area (Å²) in [7, 11) is 2.02. The van der Waals surface area contributed by atoms with Crippen LogP contribution in [-0.2, 0) is 5.41 Å². The quantitative estimate of drug-likeness (QED) is 0.864. The van der Waals surface area contributed by atoms with Crippen LogP contribution in [0.2, 0.25) is 0 Å². The average Bonchev–Trinajstić information content (AvgIpc) is 2.81. The number of hydrogen-bond donors (Lipinski definition) is 1. The Balaban J connectivity index is 2.32. The molecular formula is C16H21NS. The summed E-state index contributed by atoms with van der Waals surface area (Å²) in [5.41, 5.74) is 1.56. The van der Waals surface area contributed by atoms with E-state index in [1.807, 2.05) is 18.4 Å². The van der Waals surface area contributed by atoms with Crippen LogP contribution in [0.4, 0.5) is 0 Å². The molecule has 1 nitrogen and oxygen atoms in total. The lowest BCUT2D eigenvalue weighted by molar-refractivity contribution is 0.604. The van der Waals surface area contributed by atoms with Gasteiger partial charge < -0.3 is 5.32 Å². The first-order chi connectivity index (χ1) is 8.52. The molecule has 1 atom stereocenters. The molecule has 0 aliphatic heterocycles. The Morgan fingerprint density at radius 1 is 1.00 bits per heavy atom. The molecule has 2 heteroatoms. The van der Waals surface area contributed by atoms with E-state index in [9.17, 15) is 0 Å². The Hall–Kier alpha value is -1.12. The van der Waals surface area contributed by atoms with Crippen molar-refractivity contribution in [3.05, 3.63) is 57.8 Å². The second kappa shape index (κ2) is 5.25. The minimum atomic E-state index is 0.234. The van der Waals surface area contributed by atoms with E-state index in [0.29, 0.717) is 6.04 Å². The number of thiophene rings is 1. The van der Waals surface area contributed by atoms with Gasteiger partial charge in [0, 0.05) is 9.75 Å². The van der Waals surface area contributed by atoms with E-state index in [0.717, 1.165) is 0 Å². The molecule has 0 amide bonds. The van der Waals surface area contributed by atoms with Gasteiger partial charge in [-0.05, 0) is 30.2 Å². The minimum absolute atomic E-state index is 0.234. The van der Waals surface area contributed by atoms with Gasteiger partial charge in [0.15, 0.2) is 0 Å². The van der Waals surface area contributed by atoms with Crippen molar-refractivity contribution in [2.45, 2.75) is 32.2 Å². The predicted molar refractivity (Wildman–Crippen MR) is 80.4 cm³/mol. The van der Waals surface area contributed by atoms with Crippen molar-refractivity contribution in [2.24, 2.45) is 0 Å². The average molecular weight is 259 g/mol. The molecule has 0 spiro atoms. The van der Waals surface area contributed by atoms with Crippen LogP contribution < -0.4 is 5.32 Å². The summed E-state index contributed by atoms with van der Waals surface area (Å²) in [5.74, 6) is 0. The van der Waals surface area contributed by atoms with E-state index in [1.54, 1.807) is 0 Å². The summed E-state index contributed by atoms with van der Waals surface area (Å²) in [5, 5.41) is 3.41. The molecule has 0 aliphatic rings. The summed E-state index contributed by atoms with van der Waals surface area (Å²) >= 11 is 1.90. The van der Waals surface area contributed by atoms with Crippen LogP contribution in [0.15, 0.2) is 42.5 Å². The Kier molecular flexibility index (Phi) is 3.88. The topological polar surface area (TPSA) is 12.0 Å². The highest BCUT2D eigenvalue weighted by atomic mass is 32.1. The lowest BCUT2D eigenvalue weighted by Gasteiger charge is -2.17. The number of nitrogens with one attached hydrogen (secondary N) is 1. The van der Waals surface area contributed by atoms with Crippen molar-refractivity contribution < 1.29 is 0 Å². The van der Waals surface area contributed by atoms with Crippen molar-refractivity contribution in [3.63, 3.8) is 0 Å². The fraction of sp³-hybridized carbons (Fsp3) is 0.375. The van der Waals surface area contributed by atoms with Crippen LogP contribution in [0.1, 0.15) is 42.1 Å². The van der Waals surface area contributed by atoms with Gasteiger partial charge in [-0.25, -0.2) is 0 Å². The lowest BCUT2D eigenvalue weighted by atomic mass is 9.95. The zero-order chi connectivity index (χ0) is 13.2. The van der Waals surface area contributed by atoms with Gasteiger partial charge in [-0.3, -0.25) is 0 Å². The van der Waals surface area contributed by atoms with E-state index < -0.39 is 0 Å². The highest BCUT2D eigenvalue weighted by Crippen LogP contribution is 2.34. The fourth-order valence-electron chi connectivity index (χ4n) is 2.03. The maximum absolute atomic E-state index is 3.41. The Morgan fingerprint density at radius 3 is 2.17 bits per heavy atom. The Labute approximate surface area is 114 Å². The van der Waals surface area contributed by atoms with E-state index in [1.165, 1.54) is 15.3 Å². The second-order valence-electron chi connectivity index (χ2n) is 5.58. The number of hydrogen-bond acceptors (Lipinski definition) is 2. The van der Waals surface area contributed by atoms with E-state index in [4.69, 9.17) is 0 Å². The van der Waals surface area contributed by atoms with Gasteiger partial charge in [0.1, 0.15) is 0 Å². The van der Waals surface area contributed by atoms with Crippen LogP contribution >= 0.6 is 11.3 Å². The summed E-state index contributed by atoms with van der Waals surface area (Å²) in [6.45, 7) is 6.79. The first-order valence-corrected chi connectivity index (χ1v) is 7.16. The van der Waals surface area contributed by atoms with Gasteiger partial charge in [0.2, 0.25) is 0 Å². The standard InChI is InChI=1S/C16H21NS/c1-16(2,3)14-11-10-13(18-14)15(17-4)12-8-6-5-7-9-12/h5-11,15,17H,1-4H3. The van der Waals surface area contributed by atoms with Gasteiger partial charge in [0.05, 0.1) is 6.04 Å². The van der Waals surface area contributed by atoms with E-state index in [-0.39, 0.29) is 5.41 Å². The third kappa shape index (κ3) is 2.82. The van der Waals surface area contributed by atoms with Crippen LogP contribution in [0.25, 0.3) is 0 Å².